The van der Waals surface area contributed by atoms with Crippen molar-refractivity contribution in [3.63, 3.8) is 0 Å². The zero-order chi connectivity index (χ0) is 13.2. The van der Waals surface area contributed by atoms with Crippen LogP contribution in [0, 0.1) is 12.7 Å². The highest BCUT2D eigenvalue weighted by atomic mass is 32.2. The summed E-state index contributed by atoms with van der Waals surface area (Å²) in [5, 5.41) is 3.13. The zero-order valence-electron chi connectivity index (χ0n) is 10.2. The van der Waals surface area contributed by atoms with Crippen molar-refractivity contribution in [3.8, 4) is 0 Å². The Kier molecular flexibility index (Phi) is 3.99. The number of rotatable bonds is 3. The predicted octanol–water partition coefficient (Wildman–Crippen LogP) is 1.16. The number of aryl methyl sites for hydroxylation is 1. The van der Waals surface area contributed by atoms with Crippen LogP contribution in [0.25, 0.3) is 0 Å². The lowest BCUT2D eigenvalue weighted by Crippen LogP contribution is -2.45. The van der Waals surface area contributed by atoms with E-state index in [1.807, 2.05) is 0 Å². The number of benzene rings is 1. The highest BCUT2D eigenvalue weighted by Gasteiger charge is 2.23. The molecule has 18 heavy (non-hydrogen) atoms. The third-order valence-corrected chi connectivity index (χ3v) is 4.72. The Bertz CT molecular complexity index is 525. The molecule has 2 rings (SSSR count). The molecule has 1 saturated heterocycles. The third kappa shape index (κ3) is 3.07. The van der Waals surface area contributed by atoms with Gasteiger partial charge in [0.15, 0.2) is 0 Å². The number of nitrogens with one attached hydrogen (secondary N) is 2. The molecule has 1 heterocycles. The van der Waals surface area contributed by atoms with Gasteiger partial charge in [-0.3, -0.25) is 0 Å². The molecule has 1 atom stereocenters. The number of piperidine rings is 1. The molecule has 0 saturated carbocycles. The number of halogens is 1. The van der Waals surface area contributed by atoms with Crippen molar-refractivity contribution in [3.05, 3.63) is 29.6 Å². The van der Waals surface area contributed by atoms with Gasteiger partial charge in [0.2, 0.25) is 10.0 Å². The van der Waals surface area contributed by atoms with Gasteiger partial charge in [-0.2, -0.15) is 0 Å². The van der Waals surface area contributed by atoms with Crippen LogP contribution in [0.1, 0.15) is 18.4 Å². The largest absolute Gasteiger partial charge is 0.315 e. The molecule has 1 fully saturated rings. The summed E-state index contributed by atoms with van der Waals surface area (Å²) in [4.78, 5) is 0.0214. The average Bonchev–Trinajstić information content (AvgIpc) is 2.33. The predicted molar refractivity (Wildman–Crippen MR) is 67.4 cm³/mol. The highest BCUT2D eigenvalue weighted by molar-refractivity contribution is 7.89. The van der Waals surface area contributed by atoms with Gasteiger partial charge in [0.1, 0.15) is 5.82 Å². The molecule has 0 unspecified atom stereocenters. The van der Waals surface area contributed by atoms with E-state index in [9.17, 15) is 12.8 Å². The van der Waals surface area contributed by atoms with Crippen molar-refractivity contribution in [1.29, 1.82) is 0 Å². The van der Waals surface area contributed by atoms with Crippen LogP contribution in [0.3, 0.4) is 0 Å². The monoisotopic (exact) mass is 272 g/mol. The van der Waals surface area contributed by atoms with Crippen molar-refractivity contribution in [2.45, 2.75) is 30.7 Å². The lowest BCUT2D eigenvalue weighted by atomic mass is 10.1. The molecule has 0 radical (unpaired) electrons. The molecule has 1 aromatic rings. The summed E-state index contributed by atoms with van der Waals surface area (Å²) in [5.74, 6) is -0.539. The van der Waals surface area contributed by atoms with Gasteiger partial charge in [-0.15, -0.1) is 0 Å². The lowest BCUT2D eigenvalue weighted by molar-refractivity contribution is 0.428. The molecule has 0 aromatic heterocycles. The van der Waals surface area contributed by atoms with E-state index in [-0.39, 0.29) is 10.9 Å². The maximum Gasteiger partial charge on any atom is 0.241 e. The Morgan fingerprint density at radius 1 is 1.44 bits per heavy atom. The van der Waals surface area contributed by atoms with Crippen molar-refractivity contribution < 1.29 is 12.8 Å². The molecule has 0 bridgehead atoms. The Morgan fingerprint density at radius 2 is 2.22 bits per heavy atom. The minimum Gasteiger partial charge on any atom is -0.315 e. The van der Waals surface area contributed by atoms with Crippen LogP contribution >= 0.6 is 0 Å². The number of sulfonamides is 1. The van der Waals surface area contributed by atoms with Crippen molar-refractivity contribution in [1.82, 2.24) is 10.0 Å². The Balaban J connectivity index is 2.21. The minimum absolute atomic E-state index is 0.0214. The van der Waals surface area contributed by atoms with E-state index >= 15 is 0 Å². The Hall–Kier alpha value is -0.980. The van der Waals surface area contributed by atoms with E-state index in [1.165, 1.54) is 12.1 Å². The van der Waals surface area contributed by atoms with Crippen LogP contribution in [0.4, 0.5) is 4.39 Å². The summed E-state index contributed by atoms with van der Waals surface area (Å²) in [6, 6.07) is 3.68. The van der Waals surface area contributed by atoms with Gasteiger partial charge in [-0.25, -0.2) is 17.5 Å². The molecule has 1 aliphatic rings. The fraction of sp³-hybridized carbons (Fsp3) is 0.500. The maximum atomic E-state index is 13.2. The topological polar surface area (TPSA) is 58.2 Å². The lowest BCUT2D eigenvalue weighted by Gasteiger charge is -2.24. The molecule has 100 valence electrons. The van der Waals surface area contributed by atoms with Crippen LogP contribution < -0.4 is 10.0 Å². The van der Waals surface area contributed by atoms with Crippen molar-refractivity contribution >= 4 is 10.0 Å². The van der Waals surface area contributed by atoms with Gasteiger partial charge < -0.3 is 5.32 Å². The summed E-state index contributed by atoms with van der Waals surface area (Å²) in [5.41, 5.74) is 0.549. The number of hydrogen-bond donors (Lipinski definition) is 2. The second kappa shape index (κ2) is 5.34. The van der Waals surface area contributed by atoms with E-state index in [2.05, 4.69) is 10.0 Å². The summed E-state index contributed by atoms with van der Waals surface area (Å²) in [6.45, 7) is 3.19. The fourth-order valence-corrected chi connectivity index (χ4v) is 3.63. The molecule has 0 aliphatic carbocycles. The summed E-state index contributed by atoms with van der Waals surface area (Å²) in [7, 11) is -3.64. The first-order valence-electron chi connectivity index (χ1n) is 5.98. The van der Waals surface area contributed by atoms with E-state index < -0.39 is 15.8 Å². The normalized spacial score (nSPS) is 20.9. The van der Waals surface area contributed by atoms with Gasteiger partial charge in [-0.05, 0) is 44.0 Å². The van der Waals surface area contributed by atoms with Crippen LogP contribution in [-0.2, 0) is 10.0 Å². The van der Waals surface area contributed by atoms with Crippen LogP contribution in [0.5, 0.6) is 0 Å². The summed E-state index contributed by atoms with van der Waals surface area (Å²) < 4.78 is 40.1. The van der Waals surface area contributed by atoms with Crippen molar-refractivity contribution in [2.24, 2.45) is 0 Å². The number of hydrogen-bond acceptors (Lipinski definition) is 3. The SMILES string of the molecule is Cc1ccc(F)cc1S(=O)(=O)N[C@@H]1CCCNC1. The molecule has 1 aliphatic heterocycles. The van der Waals surface area contributed by atoms with E-state index in [0.29, 0.717) is 12.1 Å². The van der Waals surface area contributed by atoms with Gasteiger partial charge in [0.25, 0.3) is 0 Å². The summed E-state index contributed by atoms with van der Waals surface area (Å²) >= 11 is 0. The molecule has 4 nitrogen and oxygen atoms in total. The average molecular weight is 272 g/mol. The first kappa shape index (κ1) is 13.5. The van der Waals surface area contributed by atoms with Crippen molar-refractivity contribution in [2.75, 3.05) is 13.1 Å². The fourth-order valence-electron chi connectivity index (χ4n) is 2.10. The second-order valence-corrected chi connectivity index (χ2v) is 6.26. The Labute approximate surface area is 107 Å². The minimum atomic E-state index is -3.64. The Morgan fingerprint density at radius 3 is 2.89 bits per heavy atom. The first-order chi connectivity index (χ1) is 8.49. The zero-order valence-corrected chi connectivity index (χ0v) is 11.1. The van der Waals surface area contributed by atoms with E-state index in [1.54, 1.807) is 6.92 Å². The van der Waals surface area contributed by atoms with E-state index in [0.717, 1.165) is 25.5 Å². The highest BCUT2D eigenvalue weighted by Crippen LogP contribution is 2.17. The quantitative estimate of drug-likeness (QED) is 0.868. The standard InChI is InChI=1S/C12H17FN2O2S/c1-9-4-5-10(13)7-12(9)18(16,17)15-11-3-2-6-14-8-11/h4-5,7,11,14-15H,2-3,6,8H2,1H3/t11-/m1/s1. The second-order valence-electron chi connectivity index (χ2n) is 4.57. The van der Waals surface area contributed by atoms with Crippen LogP contribution in [0.2, 0.25) is 0 Å². The third-order valence-electron chi connectivity index (χ3n) is 3.06. The first-order valence-corrected chi connectivity index (χ1v) is 7.46. The van der Waals surface area contributed by atoms with Crippen LogP contribution in [0.15, 0.2) is 23.1 Å². The summed E-state index contributed by atoms with van der Waals surface area (Å²) in [6.07, 6.45) is 1.75. The molecule has 0 amide bonds. The smallest absolute Gasteiger partial charge is 0.241 e. The van der Waals surface area contributed by atoms with Gasteiger partial charge in [0.05, 0.1) is 4.90 Å². The molecular weight excluding hydrogens is 255 g/mol. The van der Waals surface area contributed by atoms with Gasteiger partial charge >= 0.3 is 0 Å². The van der Waals surface area contributed by atoms with E-state index in [4.69, 9.17) is 0 Å². The van der Waals surface area contributed by atoms with Crippen LogP contribution in [-0.4, -0.2) is 27.5 Å². The molecule has 2 N–H and O–H groups in total. The molecule has 6 heteroatoms. The maximum absolute atomic E-state index is 13.2. The molecule has 0 spiro atoms. The van der Waals surface area contributed by atoms with Gasteiger partial charge in [-0.1, -0.05) is 6.07 Å². The molecular formula is C12H17FN2O2S. The van der Waals surface area contributed by atoms with Gasteiger partial charge in [0, 0.05) is 12.6 Å². The molecule has 1 aromatic carbocycles.